The molecule has 2 rings (SSSR count). The number of benzene rings is 1. The zero-order valence-electron chi connectivity index (χ0n) is 10.5. The summed E-state index contributed by atoms with van der Waals surface area (Å²) >= 11 is 0. The summed E-state index contributed by atoms with van der Waals surface area (Å²) in [7, 11) is 0. The standard InChI is InChI=1S/C15H23N/c1-15(2,12-16-14-8-9-14)11-10-13-6-4-3-5-7-13/h3-7,14,16H,8-12H2,1-2H3. The van der Waals surface area contributed by atoms with Crippen LogP contribution in [0, 0.1) is 5.41 Å². The van der Waals surface area contributed by atoms with Crippen molar-refractivity contribution in [3.05, 3.63) is 35.9 Å². The normalized spacial score (nSPS) is 16.4. The second-order valence-electron chi connectivity index (χ2n) is 5.80. The van der Waals surface area contributed by atoms with Crippen LogP contribution in [0.5, 0.6) is 0 Å². The van der Waals surface area contributed by atoms with Gasteiger partial charge in [-0.05, 0) is 36.7 Å². The zero-order valence-corrected chi connectivity index (χ0v) is 10.5. The third-order valence-corrected chi connectivity index (χ3v) is 3.38. The molecule has 0 aliphatic heterocycles. The van der Waals surface area contributed by atoms with Crippen molar-refractivity contribution in [2.24, 2.45) is 5.41 Å². The van der Waals surface area contributed by atoms with Crippen LogP contribution in [0.1, 0.15) is 38.7 Å². The Hall–Kier alpha value is -0.820. The van der Waals surface area contributed by atoms with E-state index >= 15 is 0 Å². The maximum atomic E-state index is 3.63. The van der Waals surface area contributed by atoms with Crippen molar-refractivity contribution < 1.29 is 0 Å². The highest BCUT2D eigenvalue weighted by Crippen LogP contribution is 2.25. The fraction of sp³-hybridized carbons (Fsp3) is 0.600. The van der Waals surface area contributed by atoms with Crippen LogP contribution in [0.15, 0.2) is 30.3 Å². The lowest BCUT2D eigenvalue weighted by Crippen LogP contribution is -2.31. The van der Waals surface area contributed by atoms with Gasteiger partial charge in [-0.3, -0.25) is 0 Å². The van der Waals surface area contributed by atoms with Gasteiger partial charge in [-0.1, -0.05) is 44.2 Å². The van der Waals surface area contributed by atoms with E-state index in [-0.39, 0.29) is 0 Å². The molecule has 0 heterocycles. The molecule has 0 saturated heterocycles. The summed E-state index contributed by atoms with van der Waals surface area (Å²) in [5, 5.41) is 3.63. The van der Waals surface area contributed by atoms with E-state index in [0.717, 1.165) is 12.6 Å². The lowest BCUT2D eigenvalue weighted by Gasteiger charge is -2.25. The molecule has 0 atom stereocenters. The summed E-state index contributed by atoms with van der Waals surface area (Å²) < 4.78 is 0. The van der Waals surface area contributed by atoms with Crippen LogP contribution in [0.2, 0.25) is 0 Å². The summed E-state index contributed by atoms with van der Waals surface area (Å²) in [4.78, 5) is 0. The van der Waals surface area contributed by atoms with E-state index in [1.54, 1.807) is 0 Å². The van der Waals surface area contributed by atoms with Gasteiger partial charge in [-0.15, -0.1) is 0 Å². The summed E-state index contributed by atoms with van der Waals surface area (Å²) in [5.41, 5.74) is 1.88. The molecule has 88 valence electrons. The van der Waals surface area contributed by atoms with Crippen molar-refractivity contribution in [1.82, 2.24) is 5.32 Å². The molecular weight excluding hydrogens is 194 g/mol. The third kappa shape index (κ3) is 3.97. The molecular formula is C15H23N. The maximum Gasteiger partial charge on any atom is 0.00684 e. The van der Waals surface area contributed by atoms with Crippen molar-refractivity contribution in [3.63, 3.8) is 0 Å². The molecule has 1 aromatic carbocycles. The first kappa shape index (κ1) is 11.7. The zero-order chi connectivity index (χ0) is 11.4. The Morgan fingerprint density at radius 2 is 1.88 bits per heavy atom. The average molecular weight is 217 g/mol. The molecule has 1 aliphatic rings. The first-order valence-corrected chi connectivity index (χ1v) is 6.43. The maximum absolute atomic E-state index is 3.63. The summed E-state index contributed by atoms with van der Waals surface area (Å²) in [6, 6.07) is 11.6. The van der Waals surface area contributed by atoms with Crippen LogP contribution in [-0.2, 0) is 6.42 Å². The van der Waals surface area contributed by atoms with Crippen LogP contribution in [-0.4, -0.2) is 12.6 Å². The van der Waals surface area contributed by atoms with Gasteiger partial charge in [-0.2, -0.15) is 0 Å². The minimum atomic E-state index is 0.415. The second-order valence-corrected chi connectivity index (χ2v) is 5.80. The van der Waals surface area contributed by atoms with Crippen LogP contribution < -0.4 is 5.32 Å². The molecule has 0 aromatic heterocycles. The molecule has 0 radical (unpaired) electrons. The van der Waals surface area contributed by atoms with E-state index in [1.165, 1.54) is 31.2 Å². The number of rotatable bonds is 6. The number of hydrogen-bond donors (Lipinski definition) is 1. The van der Waals surface area contributed by atoms with Crippen LogP contribution in [0.3, 0.4) is 0 Å². The molecule has 1 aromatic rings. The van der Waals surface area contributed by atoms with Gasteiger partial charge in [0.05, 0.1) is 0 Å². The Labute approximate surface area is 99.3 Å². The van der Waals surface area contributed by atoms with Gasteiger partial charge in [0.25, 0.3) is 0 Å². The van der Waals surface area contributed by atoms with E-state index in [4.69, 9.17) is 0 Å². The van der Waals surface area contributed by atoms with Crippen molar-refractivity contribution in [2.75, 3.05) is 6.54 Å². The number of hydrogen-bond acceptors (Lipinski definition) is 1. The van der Waals surface area contributed by atoms with Gasteiger partial charge in [0.2, 0.25) is 0 Å². The number of aryl methyl sites for hydroxylation is 1. The van der Waals surface area contributed by atoms with Gasteiger partial charge in [0.1, 0.15) is 0 Å². The lowest BCUT2D eigenvalue weighted by atomic mass is 9.86. The minimum Gasteiger partial charge on any atom is -0.313 e. The Morgan fingerprint density at radius 3 is 2.50 bits per heavy atom. The molecule has 0 amide bonds. The minimum absolute atomic E-state index is 0.415. The molecule has 0 spiro atoms. The lowest BCUT2D eigenvalue weighted by molar-refractivity contribution is 0.313. The van der Waals surface area contributed by atoms with Gasteiger partial charge in [-0.25, -0.2) is 0 Å². The van der Waals surface area contributed by atoms with Crippen molar-refractivity contribution in [1.29, 1.82) is 0 Å². The van der Waals surface area contributed by atoms with E-state index < -0.39 is 0 Å². The highest BCUT2D eigenvalue weighted by Gasteiger charge is 2.24. The summed E-state index contributed by atoms with van der Waals surface area (Å²) in [5.74, 6) is 0. The predicted molar refractivity (Wildman–Crippen MR) is 69.6 cm³/mol. The van der Waals surface area contributed by atoms with E-state index in [9.17, 15) is 0 Å². The van der Waals surface area contributed by atoms with Crippen LogP contribution >= 0.6 is 0 Å². The highest BCUT2D eigenvalue weighted by molar-refractivity contribution is 5.14. The molecule has 1 nitrogen and oxygen atoms in total. The van der Waals surface area contributed by atoms with Gasteiger partial charge in [0, 0.05) is 12.6 Å². The predicted octanol–water partition coefficient (Wildman–Crippen LogP) is 3.40. The topological polar surface area (TPSA) is 12.0 Å². The Balaban J connectivity index is 1.74. The highest BCUT2D eigenvalue weighted by atomic mass is 15.0. The molecule has 16 heavy (non-hydrogen) atoms. The fourth-order valence-electron chi connectivity index (χ4n) is 1.92. The fourth-order valence-corrected chi connectivity index (χ4v) is 1.92. The van der Waals surface area contributed by atoms with Crippen LogP contribution in [0.4, 0.5) is 0 Å². The molecule has 0 bridgehead atoms. The van der Waals surface area contributed by atoms with Gasteiger partial charge < -0.3 is 5.32 Å². The smallest absolute Gasteiger partial charge is 0.00684 e. The van der Waals surface area contributed by atoms with E-state index in [1.807, 2.05) is 0 Å². The summed E-state index contributed by atoms with van der Waals surface area (Å²) in [6.07, 6.45) is 5.22. The Kier molecular flexibility index (Phi) is 3.65. The Morgan fingerprint density at radius 1 is 1.19 bits per heavy atom. The monoisotopic (exact) mass is 217 g/mol. The molecule has 1 saturated carbocycles. The summed E-state index contributed by atoms with van der Waals surface area (Å²) in [6.45, 7) is 5.89. The third-order valence-electron chi connectivity index (χ3n) is 3.38. The largest absolute Gasteiger partial charge is 0.313 e. The average Bonchev–Trinajstić information content (AvgIpc) is 3.09. The van der Waals surface area contributed by atoms with E-state index in [0.29, 0.717) is 5.41 Å². The number of nitrogens with one attached hydrogen (secondary N) is 1. The molecule has 0 unspecified atom stereocenters. The van der Waals surface area contributed by atoms with Gasteiger partial charge in [0.15, 0.2) is 0 Å². The Bertz CT molecular complexity index is 311. The van der Waals surface area contributed by atoms with Crippen LogP contribution in [0.25, 0.3) is 0 Å². The van der Waals surface area contributed by atoms with Crippen molar-refractivity contribution >= 4 is 0 Å². The molecule has 1 fully saturated rings. The van der Waals surface area contributed by atoms with E-state index in [2.05, 4.69) is 49.5 Å². The van der Waals surface area contributed by atoms with Crippen molar-refractivity contribution in [3.8, 4) is 0 Å². The SMILES string of the molecule is CC(C)(CCc1ccccc1)CNC1CC1. The van der Waals surface area contributed by atoms with Crippen molar-refractivity contribution in [2.45, 2.75) is 45.6 Å². The second kappa shape index (κ2) is 5.01. The molecule has 1 heteroatoms. The molecule has 1 aliphatic carbocycles. The van der Waals surface area contributed by atoms with Gasteiger partial charge >= 0.3 is 0 Å². The molecule has 1 N–H and O–H groups in total. The first-order valence-electron chi connectivity index (χ1n) is 6.43. The first-order chi connectivity index (χ1) is 7.66. The quantitative estimate of drug-likeness (QED) is 0.770.